The summed E-state index contributed by atoms with van der Waals surface area (Å²) in [7, 11) is 1.44. The van der Waals surface area contributed by atoms with Gasteiger partial charge in [-0.25, -0.2) is 4.98 Å². The van der Waals surface area contributed by atoms with Crippen LogP contribution in [0.15, 0.2) is 65.7 Å². The van der Waals surface area contributed by atoms with Gasteiger partial charge in [-0.1, -0.05) is 41.6 Å². The van der Waals surface area contributed by atoms with Crippen LogP contribution in [-0.2, 0) is 4.79 Å². The fourth-order valence-corrected chi connectivity index (χ4v) is 4.42. The molecule has 33 heavy (non-hydrogen) atoms. The zero-order valence-electron chi connectivity index (χ0n) is 16.9. The van der Waals surface area contributed by atoms with Crippen LogP contribution in [0.25, 0.3) is 6.08 Å². The smallest absolute Gasteiger partial charge is 0.331 e. The maximum Gasteiger partial charge on any atom is 0.331 e. The lowest BCUT2D eigenvalue weighted by atomic mass is 10.1. The van der Waals surface area contributed by atoms with E-state index in [2.05, 4.69) is 4.98 Å². The molecule has 1 aliphatic heterocycles. The number of methoxy groups -OCH3 is 1. The standard InChI is InChI=1S/C22H14ClN3O5S2/c1-30-18-11-13(4-9-17(18)31-20-16(26(28)29)3-2-10-24-20)12-19-21(27)25(22(32)33-19)15-7-5-14(23)6-8-15/h2-12H,1H3/b19-12+. The SMILES string of the molecule is COc1cc(/C=C2/SC(=S)N(c3ccc(Cl)cc3)C2=O)ccc1Oc1ncccc1[N+](=O)[O-]. The molecular weight excluding hydrogens is 486 g/mol. The third-order valence-electron chi connectivity index (χ3n) is 4.52. The van der Waals surface area contributed by atoms with Crippen LogP contribution < -0.4 is 14.4 Å². The Morgan fingerprint density at radius 1 is 1.18 bits per heavy atom. The molecule has 8 nitrogen and oxygen atoms in total. The number of amides is 1. The van der Waals surface area contributed by atoms with E-state index in [0.29, 0.717) is 31.2 Å². The van der Waals surface area contributed by atoms with E-state index in [-0.39, 0.29) is 23.2 Å². The highest BCUT2D eigenvalue weighted by molar-refractivity contribution is 8.27. The van der Waals surface area contributed by atoms with Crippen LogP contribution in [0, 0.1) is 10.1 Å². The van der Waals surface area contributed by atoms with Crippen molar-refractivity contribution < 1.29 is 19.2 Å². The van der Waals surface area contributed by atoms with E-state index in [1.54, 1.807) is 48.5 Å². The van der Waals surface area contributed by atoms with Gasteiger partial charge >= 0.3 is 5.69 Å². The predicted octanol–water partition coefficient (Wildman–Crippen LogP) is 5.85. The van der Waals surface area contributed by atoms with Crippen molar-refractivity contribution >= 4 is 63.3 Å². The van der Waals surface area contributed by atoms with Gasteiger partial charge in [-0.05, 0) is 54.1 Å². The molecule has 3 aromatic rings. The molecule has 1 aromatic heterocycles. The van der Waals surface area contributed by atoms with Crippen molar-refractivity contribution in [3.8, 4) is 17.4 Å². The number of carbonyl (C=O) groups excluding carboxylic acids is 1. The Labute approximate surface area is 202 Å². The molecule has 11 heteroatoms. The van der Waals surface area contributed by atoms with Gasteiger partial charge in [-0.3, -0.25) is 19.8 Å². The molecule has 2 aromatic carbocycles. The topological polar surface area (TPSA) is 94.8 Å². The van der Waals surface area contributed by atoms with E-state index in [1.165, 1.54) is 42.1 Å². The Balaban J connectivity index is 1.61. The van der Waals surface area contributed by atoms with E-state index < -0.39 is 4.92 Å². The number of benzene rings is 2. The average Bonchev–Trinajstić information content (AvgIpc) is 3.08. The number of anilines is 1. The van der Waals surface area contributed by atoms with Crippen molar-refractivity contribution in [3.63, 3.8) is 0 Å². The van der Waals surface area contributed by atoms with Gasteiger partial charge in [0, 0.05) is 17.3 Å². The molecular formula is C22H14ClN3O5S2. The van der Waals surface area contributed by atoms with Crippen LogP contribution in [0.5, 0.6) is 17.4 Å². The predicted molar refractivity (Wildman–Crippen MR) is 131 cm³/mol. The molecule has 2 heterocycles. The summed E-state index contributed by atoms with van der Waals surface area (Å²) in [5, 5.41) is 11.8. The lowest BCUT2D eigenvalue weighted by molar-refractivity contribution is -0.386. The third-order valence-corrected chi connectivity index (χ3v) is 6.07. The second kappa shape index (κ2) is 9.57. The number of aromatic nitrogens is 1. The summed E-state index contributed by atoms with van der Waals surface area (Å²) >= 11 is 12.5. The monoisotopic (exact) mass is 499 g/mol. The Kier molecular flexibility index (Phi) is 6.59. The highest BCUT2D eigenvalue weighted by atomic mass is 35.5. The summed E-state index contributed by atoms with van der Waals surface area (Å²) in [6.45, 7) is 0. The average molecular weight is 500 g/mol. The minimum absolute atomic E-state index is 0.155. The molecule has 0 saturated carbocycles. The first-order chi connectivity index (χ1) is 15.9. The van der Waals surface area contributed by atoms with Gasteiger partial charge in [0.1, 0.15) is 0 Å². The minimum atomic E-state index is -0.578. The number of nitrogens with zero attached hydrogens (tertiary/aromatic N) is 3. The van der Waals surface area contributed by atoms with Gasteiger partial charge in [0.25, 0.3) is 11.8 Å². The Bertz CT molecular complexity index is 1300. The van der Waals surface area contributed by atoms with Gasteiger partial charge < -0.3 is 9.47 Å². The van der Waals surface area contributed by atoms with Crippen molar-refractivity contribution in [1.29, 1.82) is 0 Å². The van der Waals surface area contributed by atoms with E-state index in [1.807, 2.05) is 0 Å². The number of thioether (sulfide) groups is 1. The minimum Gasteiger partial charge on any atom is -0.493 e. The van der Waals surface area contributed by atoms with Crippen molar-refractivity contribution in [2.24, 2.45) is 0 Å². The highest BCUT2D eigenvalue weighted by Crippen LogP contribution is 2.39. The maximum absolute atomic E-state index is 13.0. The summed E-state index contributed by atoms with van der Waals surface area (Å²) in [6, 6.07) is 14.5. The summed E-state index contributed by atoms with van der Waals surface area (Å²) in [6.07, 6.45) is 3.08. The van der Waals surface area contributed by atoms with Crippen LogP contribution in [0.2, 0.25) is 5.02 Å². The van der Waals surface area contributed by atoms with Gasteiger partial charge in [0.05, 0.1) is 22.6 Å². The van der Waals surface area contributed by atoms with Gasteiger partial charge in [-0.15, -0.1) is 0 Å². The molecule has 1 saturated heterocycles. The molecule has 0 unspecified atom stereocenters. The molecule has 1 amide bonds. The quantitative estimate of drug-likeness (QED) is 0.180. The van der Waals surface area contributed by atoms with Crippen LogP contribution in [-0.4, -0.2) is 27.2 Å². The van der Waals surface area contributed by atoms with E-state index >= 15 is 0 Å². The van der Waals surface area contributed by atoms with E-state index in [4.69, 9.17) is 33.3 Å². The normalized spacial score (nSPS) is 14.6. The third kappa shape index (κ3) is 4.82. The summed E-state index contributed by atoms with van der Waals surface area (Å²) in [4.78, 5) is 29.4. The van der Waals surface area contributed by atoms with E-state index in [0.717, 1.165) is 0 Å². The zero-order valence-corrected chi connectivity index (χ0v) is 19.3. The number of halogens is 1. The Morgan fingerprint density at radius 3 is 2.64 bits per heavy atom. The van der Waals surface area contributed by atoms with Gasteiger partial charge in [0.2, 0.25) is 0 Å². The highest BCUT2D eigenvalue weighted by Gasteiger charge is 2.33. The van der Waals surface area contributed by atoms with Crippen molar-refractivity contribution in [2.45, 2.75) is 0 Å². The molecule has 0 radical (unpaired) electrons. The number of hydrogen-bond acceptors (Lipinski definition) is 8. The first-order valence-corrected chi connectivity index (χ1v) is 11.0. The molecule has 0 aliphatic carbocycles. The molecule has 0 atom stereocenters. The first kappa shape index (κ1) is 22.7. The van der Waals surface area contributed by atoms with Gasteiger partial charge in [0.15, 0.2) is 15.8 Å². The lowest BCUT2D eigenvalue weighted by Gasteiger charge is -2.14. The molecule has 0 bridgehead atoms. The molecule has 4 rings (SSSR count). The molecule has 1 fully saturated rings. The number of carbonyl (C=O) groups is 1. The molecule has 1 aliphatic rings. The van der Waals surface area contributed by atoms with Crippen molar-refractivity contribution in [1.82, 2.24) is 4.98 Å². The number of nitro groups is 1. The number of hydrogen-bond donors (Lipinski definition) is 0. The maximum atomic E-state index is 13.0. The largest absolute Gasteiger partial charge is 0.493 e. The summed E-state index contributed by atoms with van der Waals surface area (Å²) in [5.41, 5.74) is 1.02. The van der Waals surface area contributed by atoms with Crippen LogP contribution >= 0.6 is 35.6 Å². The number of rotatable bonds is 6. The molecule has 0 spiro atoms. The van der Waals surface area contributed by atoms with Crippen LogP contribution in [0.4, 0.5) is 11.4 Å². The Morgan fingerprint density at radius 2 is 1.94 bits per heavy atom. The van der Waals surface area contributed by atoms with Crippen molar-refractivity contribution in [2.75, 3.05) is 12.0 Å². The molecule has 166 valence electrons. The first-order valence-electron chi connectivity index (χ1n) is 9.36. The second-order valence-corrected chi connectivity index (χ2v) is 8.70. The van der Waals surface area contributed by atoms with Crippen LogP contribution in [0.3, 0.4) is 0 Å². The summed E-state index contributed by atoms with van der Waals surface area (Å²) in [5.74, 6) is 0.148. The Hall–Kier alpha value is -3.47. The van der Waals surface area contributed by atoms with Crippen molar-refractivity contribution in [3.05, 3.63) is 86.4 Å². The fraction of sp³-hybridized carbons (Fsp3) is 0.0455. The lowest BCUT2D eigenvalue weighted by Crippen LogP contribution is -2.27. The molecule has 0 N–H and O–H groups in total. The second-order valence-electron chi connectivity index (χ2n) is 6.59. The number of pyridine rings is 1. The van der Waals surface area contributed by atoms with E-state index in [9.17, 15) is 14.9 Å². The fourth-order valence-electron chi connectivity index (χ4n) is 2.99. The summed E-state index contributed by atoms with van der Waals surface area (Å²) < 4.78 is 11.4. The zero-order chi connectivity index (χ0) is 23.5. The van der Waals surface area contributed by atoms with Crippen LogP contribution in [0.1, 0.15) is 5.56 Å². The number of thiocarbonyl (C=S) groups is 1. The van der Waals surface area contributed by atoms with Gasteiger partial charge in [-0.2, -0.15) is 0 Å². The number of ether oxygens (including phenoxy) is 2.